The van der Waals surface area contributed by atoms with Gasteiger partial charge in [-0.25, -0.2) is 4.98 Å². The number of carbonyl (C=O) groups excluding carboxylic acids is 1. The van der Waals surface area contributed by atoms with Gasteiger partial charge in [-0.3, -0.25) is 4.79 Å². The number of aromatic nitrogens is 1. The lowest BCUT2D eigenvalue weighted by Gasteiger charge is -2.13. The zero-order chi connectivity index (χ0) is 13.7. The van der Waals surface area contributed by atoms with Crippen LogP contribution in [0.2, 0.25) is 0 Å². The maximum atomic E-state index is 11.4. The van der Waals surface area contributed by atoms with Gasteiger partial charge in [-0.15, -0.1) is 0 Å². The topological polar surface area (TPSA) is 80.0 Å². The molecular formula is C13H22N4O. The summed E-state index contributed by atoms with van der Waals surface area (Å²) in [5.41, 5.74) is 7.59. The van der Waals surface area contributed by atoms with Gasteiger partial charge in [-0.1, -0.05) is 13.8 Å². The van der Waals surface area contributed by atoms with E-state index < -0.39 is 5.91 Å². The van der Waals surface area contributed by atoms with E-state index in [0.29, 0.717) is 24.0 Å². The highest BCUT2D eigenvalue weighted by atomic mass is 16.1. The van der Waals surface area contributed by atoms with Crippen LogP contribution in [0.15, 0.2) is 6.07 Å². The first-order chi connectivity index (χ1) is 8.41. The molecule has 0 saturated heterocycles. The molecule has 0 aliphatic carbocycles. The van der Waals surface area contributed by atoms with E-state index in [4.69, 9.17) is 5.73 Å². The molecule has 0 aromatic carbocycles. The Kier molecular flexibility index (Phi) is 5.09. The molecule has 18 heavy (non-hydrogen) atoms. The van der Waals surface area contributed by atoms with Crippen LogP contribution in [0.4, 0.5) is 5.82 Å². The number of hydrogen-bond donors (Lipinski definition) is 3. The molecule has 4 N–H and O–H groups in total. The van der Waals surface area contributed by atoms with Crippen LogP contribution < -0.4 is 16.4 Å². The van der Waals surface area contributed by atoms with E-state index >= 15 is 0 Å². The fourth-order valence-electron chi connectivity index (χ4n) is 1.82. The molecule has 0 fully saturated rings. The van der Waals surface area contributed by atoms with Crippen LogP contribution in [0.25, 0.3) is 0 Å². The summed E-state index contributed by atoms with van der Waals surface area (Å²) < 4.78 is 0. The Morgan fingerprint density at radius 1 is 1.39 bits per heavy atom. The van der Waals surface area contributed by atoms with Crippen molar-refractivity contribution in [2.75, 3.05) is 18.4 Å². The zero-order valence-corrected chi connectivity index (χ0v) is 11.5. The lowest BCUT2D eigenvalue weighted by Crippen LogP contribution is -2.29. The highest BCUT2D eigenvalue weighted by Gasteiger charge is 2.13. The summed E-state index contributed by atoms with van der Waals surface area (Å²) in [6.07, 6.45) is 0. The number of nitrogens with one attached hydrogen (secondary N) is 2. The minimum atomic E-state index is -0.445. The molecule has 0 bridgehead atoms. The van der Waals surface area contributed by atoms with Gasteiger partial charge >= 0.3 is 0 Å². The molecule has 5 nitrogen and oxygen atoms in total. The van der Waals surface area contributed by atoms with E-state index in [1.807, 2.05) is 19.9 Å². The highest BCUT2D eigenvalue weighted by molar-refractivity contribution is 5.99. The Labute approximate surface area is 108 Å². The summed E-state index contributed by atoms with van der Waals surface area (Å²) in [5, 5.41) is 6.44. The summed E-state index contributed by atoms with van der Waals surface area (Å²) in [4.78, 5) is 15.8. The first-order valence-electron chi connectivity index (χ1n) is 6.17. The molecule has 1 rings (SSSR count). The lowest BCUT2D eigenvalue weighted by atomic mass is 10.1. The smallest absolute Gasteiger partial charge is 0.252 e. The van der Waals surface area contributed by atoms with Crippen LogP contribution in [-0.2, 0) is 0 Å². The van der Waals surface area contributed by atoms with Gasteiger partial charge in [0.15, 0.2) is 0 Å². The fraction of sp³-hybridized carbons (Fsp3) is 0.538. The average Bonchev–Trinajstić information content (AvgIpc) is 2.22. The van der Waals surface area contributed by atoms with Crippen molar-refractivity contribution in [3.05, 3.63) is 22.9 Å². The maximum absolute atomic E-state index is 11.4. The molecule has 100 valence electrons. The Balaban J connectivity index is 2.77. The quantitative estimate of drug-likeness (QED) is 0.663. The molecule has 0 unspecified atom stereocenters. The minimum absolute atomic E-state index is 0.439. The predicted octanol–water partition coefficient (Wildman–Crippen LogP) is 1.21. The number of hydrogen-bond acceptors (Lipinski definition) is 4. The largest absolute Gasteiger partial charge is 0.368 e. The van der Waals surface area contributed by atoms with Crippen LogP contribution in [-0.4, -0.2) is 30.0 Å². The van der Waals surface area contributed by atoms with Crippen LogP contribution >= 0.6 is 0 Å². The third-order valence-corrected chi connectivity index (χ3v) is 2.56. The number of amides is 1. The van der Waals surface area contributed by atoms with Crippen molar-refractivity contribution in [3.8, 4) is 0 Å². The number of aryl methyl sites for hydroxylation is 2. The minimum Gasteiger partial charge on any atom is -0.368 e. The molecule has 5 heteroatoms. The number of anilines is 1. The van der Waals surface area contributed by atoms with Gasteiger partial charge in [0, 0.05) is 24.8 Å². The molecule has 0 atom stereocenters. The number of nitrogens with two attached hydrogens (primary N) is 1. The fourth-order valence-corrected chi connectivity index (χ4v) is 1.82. The van der Waals surface area contributed by atoms with Crippen molar-refractivity contribution >= 4 is 11.7 Å². The Hall–Kier alpha value is -1.62. The third-order valence-electron chi connectivity index (χ3n) is 2.56. The average molecular weight is 250 g/mol. The number of carbonyl (C=O) groups is 1. The van der Waals surface area contributed by atoms with Gasteiger partial charge in [0.2, 0.25) is 0 Å². The standard InChI is InChI=1S/C13H22N4O/c1-8(2)15-5-6-16-13-11(12(14)18)9(3)7-10(4)17-13/h7-8,15H,5-6H2,1-4H3,(H2,14,18)(H,16,17). The van der Waals surface area contributed by atoms with Crippen molar-refractivity contribution in [2.45, 2.75) is 33.7 Å². The second kappa shape index (κ2) is 6.35. The Morgan fingerprint density at radius 2 is 2.06 bits per heavy atom. The lowest BCUT2D eigenvalue weighted by molar-refractivity contribution is 0.1000. The second-order valence-corrected chi connectivity index (χ2v) is 4.70. The van der Waals surface area contributed by atoms with Gasteiger partial charge in [0.1, 0.15) is 5.82 Å². The van der Waals surface area contributed by atoms with Gasteiger partial charge in [-0.2, -0.15) is 0 Å². The van der Waals surface area contributed by atoms with Gasteiger partial charge in [-0.05, 0) is 25.5 Å². The van der Waals surface area contributed by atoms with Crippen molar-refractivity contribution in [3.63, 3.8) is 0 Å². The van der Waals surface area contributed by atoms with Crippen LogP contribution in [0.1, 0.15) is 35.5 Å². The number of primary amides is 1. The molecule has 1 heterocycles. The molecule has 1 aromatic heterocycles. The van der Waals surface area contributed by atoms with E-state index in [1.165, 1.54) is 0 Å². The van der Waals surface area contributed by atoms with Gasteiger partial charge in [0.25, 0.3) is 5.91 Å². The molecule has 0 saturated carbocycles. The molecule has 1 amide bonds. The van der Waals surface area contributed by atoms with E-state index in [0.717, 1.165) is 17.8 Å². The Morgan fingerprint density at radius 3 is 2.61 bits per heavy atom. The first kappa shape index (κ1) is 14.4. The molecule has 1 aromatic rings. The SMILES string of the molecule is Cc1cc(C)c(C(N)=O)c(NCCNC(C)C)n1. The molecule has 0 aliphatic heterocycles. The second-order valence-electron chi connectivity index (χ2n) is 4.70. The first-order valence-corrected chi connectivity index (χ1v) is 6.17. The molecule has 0 spiro atoms. The highest BCUT2D eigenvalue weighted by Crippen LogP contribution is 2.17. The van der Waals surface area contributed by atoms with Crippen LogP contribution in [0.3, 0.4) is 0 Å². The Bertz CT molecular complexity index is 429. The summed E-state index contributed by atoms with van der Waals surface area (Å²) >= 11 is 0. The van der Waals surface area contributed by atoms with E-state index in [9.17, 15) is 4.79 Å². The third kappa shape index (κ3) is 4.00. The summed E-state index contributed by atoms with van der Waals surface area (Å²) in [7, 11) is 0. The van der Waals surface area contributed by atoms with E-state index in [2.05, 4.69) is 29.5 Å². The summed E-state index contributed by atoms with van der Waals surface area (Å²) in [5.74, 6) is 0.130. The van der Waals surface area contributed by atoms with E-state index in [1.54, 1.807) is 0 Å². The summed E-state index contributed by atoms with van der Waals surface area (Å²) in [6, 6.07) is 2.30. The van der Waals surface area contributed by atoms with Crippen molar-refractivity contribution in [1.82, 2.24) is 10.3 Å². The normalized spacial score (nSPS) is 10.7. The number of rotatable bonds is 6. The van der Waals surface area contributed by atoms with Crippen molar-refractivity contribution in [1.29, 1.82) is 0 Å². The summed E-state index contributed by atoms with van der Waals surface area (Å²) in [6.45, 7) is 9.45. The van der Waals surface area contributed by atoms with E-state index in [-0.39, 0.29) is 0 Å². The molecule has 0 aliphatic rings. The molecule has 0 radical (unpaired) electrons. The van der Waals surface area contributed by atoms with Crippen molar-refractivity contribution < 1.29 is 4.79 Å². The maximum Gasteiger partial charge on any atom is 0.252 e. The number of pyridine rings is 1. The van der Waals surface area contributed by atoms with Crippen LogP contribution in [0.5, 0.6) is 0 Å². The van der Waals surface area contributed by atoms with Crippen LogP contribution in [0, 0.1) is 13.8 Å². The number of nitrogens with zero attached hydrogens (tertiary/aromatic N) is 1. The molecular weight excluding hydrogens is 228 g/mol. The monoisotopic (exact) mass is 250 g/mol. The van der Waals surface area contributed by atoms with Crippen molar-refractivity contribution in [2.24, 2.45) is 5.73 Å². The zero-order valence-electron chi connectivity index (χ0n) is 11.5. The predicted molar refractivity (Wildman–Crippen MR) is 73.9 cm³/mol. The van der Waals surface area contributed by atoms with Gasteiger partial charge < -0.3 is 16.4 Å². The van der Waals surface area contributed by atoms with Gasteiger partial charge in [0.05, 0.1) is 5.56 Å².